The van der Waals surface area contributed by atoms with Gasteiger partial charge in [0.15, 0.2) is 11.5 Å². The quantitative estimate of drug-likeness (QED) is 0.762. The van der Waals surface area contributed by atoms with E-state index in [1.54, 1.807) is 21.3 Å². The summed E-state index contributed by atoms with van der Waals surface area (Å²) in [5, 5.41) is 4.10. The molecule has 2 aromatic heterocycles. The van der Waals surface area contributed by atoms with Gasteiger partial charge in [-0.2, -0.15) is 14.6 Å². The zero-order valence-electron chi connectivity index (χ0n) is 13.1. The summed E-state index contributed by atoms with van der Waals surface area (Å²) in [5.41, 5.74) is 8.52. The Bertz CT molecular complexity index is 846. The van der Waals surface area contributed by atoms with Crippen LogP contribution < -0.4 is 15.2 Å². The fourth-order valence-corrected chi connectivity index (χ4v) is 2.46. The summed E-state index contributed by atoms with van der Waals surface area (Å²) < 4.78 is 17.4. The van der Waals surface area contributed by atoms with Gasteiger partial charge in [-0.1, -0.05) is 6.07 Å². The van der Waals surface area contributed by atoms with Crippen LogP contribution in [0, 0.1) is 0 Å². The molecule has 0 atom stereocenters. The highest BCUT2D eigenvalue weighted by Gasteiger charge is 2.18. The summed E-state index contributed by atoms with van der Waals surface area (Å²) in [7, 11) is 4.77. The molecule has 2 N–H and O–H groups in total. The average molecular weight is 315 g/mol. The van der Waals surface area contributed by atoms with E-state index in [-0.39, 0.29) is 0 Å². The van der Waals surface area contributed by atoms with E-state index in [4.69, 9.17) is 19.9 Å². The number of hydrogen-bond acceptors (Lipinski definition) is 7. The van der Waals surface area contributed by atoms with Crippen LogP contribution in [-0.2, 0) is 11.3 Å². The molecule has 0 saturated carbocycles. The number of aromatic nitrogens is 4. The Morgan fingerprint density at radius 2 is 1.91 bits per heavy atom. The van der Waals surface area contributed by atoms with Gasteiger partial charge in [0.2, 0.25) is 0 Å². The fraction of sp³-hybridized carbons (Fsp3) is 0.267. The Kier molecular flexibility index (Phi) is 3.98. The minimum atomic E-state index is 0.303. The van der Waals surface area contributed by atoms with E-state index in [1.807, 2.05) is 18.2 Å². The number of fused-ring (bicyclic) bond motifs is 1. The standard InChI is InChI=1S/C15H17N5O3/c1-21-7-10-13(14(16)20-15(19-10)17-8-18-20)9-4-5-11(22-2)12(6-9)23-3/h4-6,8H,7,16H2,1-3H3. The maximum absolute atomic E-state index is 6.28. The van der Waals surface area contributed by atoms with Crippen molar-refractivity contribution in [2.45, 2.75) is 6.61 Å². The lowest BCUT2D eigenvalue weighted by atomic mass is 10.0. The van der Waals surface area contributed by atoms with E-state index in [1.165, 1.54) is 10.8 Å². The van der Waals surface area contributed by atoms with Crippen molar-refractivity contribution in [1.82, 2.24) is 19.6 Å². The number of methoxy groups -OCH3 is 3. The molecule has 0 saturated heterocycles. The lowest BCUT2D eigenvalue weighted by Crippen LogP contribution is -2.08. The molecule has 2 heterocycles. The second-order valence-electron chi connectivity index (χ2n) is 4.79. The first-order chi connectivity index (χ1) is 11.2. The van der Waals surface area contributed by atoms with Gasteiger partial charge < -0.3 is 19.9 Å². The molecule has 0 bridgehead atoms. The molecular weight excluding hydrogens is 298 g/mol. The summed E-state index contributed by atoms with van der Waals surface area (Å²) in [6.07, 6.45) is 1.41. The Morgan fingerprint density at radius 3 is 2.61 bits per heavy atom. The highest BCUT2D eigenvalue weighted by molar-refractivity contribution is 5.79. The van der Waals surface area contributed by atoms with Gasteiger partial charge >= 0.3 is 0 Å². The second kappa shape index (κ2) is 6.09. The zero-order chi connectivity index (χ0) is 16.4. The van der Waals surface area contributed by atoms with Crippen LogP contribution in [0.4, 0.5) is 5.82 Å². The van der Waals surface area contributed by atoms with Gasteiger partial charge in [-0.15, -0.1) is 0 Å². The first-order valence-electron chi connectivity index (χ1n) is 6.89. The predicted molar refractivity (Wildman–Crippen MR) is 84.4 cm³/mol. The molecule has 23 heavy (non-hydrogen) atoms. The molecule has 8 nitrogen and oxygen atoms in total. The molecule has 3 aromatic rings. The van der Waals surface area contributed by atoms with E-state index in [0.29, 0.717) is 35.4 Å². The highest BCUT2D eigenvalue weighted by atomic mass is 16.5. The first kappa shape index (κ1) is 15.0. The van der Waals surface area contributed by atoms with Crippen molar-refractivity contribution in [3.8, 4) is 22.6 Å². The monoisotopic (exact) mass is 315 g/mol. The van der Waals surface area contributed by atoms with E-state index >= 15 is 0 Å². The highest BCUT2D eigenvalue weighted by Crippen LogP contribution is 2.36. The molecule has 0 fully saturated rings. The maximum Gasteiger partial charge on any atom is 0.254 e. The SMILES string of the molecule is COCc1nc2ncnn2c(N)c1-c1ccc(OC)c(OC)c1. The molecule has 8 heteroatoms. The maximum atomic E-state index is 6.28. The molecule has 0 amide bonds. The van der Waals surface area contributed by atoms with Gasteiger partial charge in [0.25, 0.3) is 5.78 Å². The third-order valence-corrected chi connectivity index (χ3v) is 3.49. The predicted octanol–water partition coefficient (Wildman–Crippen LogP) is 1.54. The number of nitrogens with zero attached hydrogens (tertiary/aromatic N) is 4. The number of benzene rings is 1. The van der Waals surface area contributed by atoms with Crippen molar-refractivity contribution in [3.63, 3.8) is 0 Å². The second-order valence-corrected chi connectivity index (χ2v) is 4.79. The molecule has 120 valence electrons. The number of hydrogen-bond donors (Lipinski definition) is 1. The molecule has 0 aliphatic carbocycles. The lowest BCUT2D eigenvalue weighted by Gasteiger charge is -2.14. The van der Waals surface area contributed by atoms with Crippen LogP contribution in [0.2, 0.25) is 0 Å². The van der Waals surface area contributed by atoms with Crippen LogP contribution in [0.5, 0.6) is 11.5 Å². The summed E-state index contributed by atoms with van der Waals surface area (Å²) in [6.45, 7) is 0.303. The third-order valence-electron chi connectivity index (χ3n) is 3.49. The number of rotatable bonds is 5. The average Bonchev–Trinajstić information content (AvgIpc) is 3.03. The van der Waals surface area contributed by atoms with Crippen molar-refractivity contribution < 1.29 is 14.2 Å². The molecule has 3 rings (SSSR count). The molecule has 0 aliphatic rings. The first-order valence-corrected chi connectivity index (χ1v) is 6.89. The van der Waals surface area contributed by atoms with Gasteiger partial charge in [-0.3, -0.25) is 0 Å². The van der Waals surface area contributed by atoms with Gasteiger partial charge in [0.1, 0.15) is 12.1 Å². The van der Waals surface area contributed by atoms with Crippen LogP contribution in [0.1, 0.15) is 5.69 Å². The Balaban J connectivity index is 2.25. The normalized spacial score (nSPS) is 10.9. The van der Waals surface area contributed by atoms with E-state index in [9.17, 15) is 0 Å². The number of anilines is 1. The molecule has 0 radical (unpaired) electrons. The van der Waals surface area contributed by atoms with Crippen LogP contribution in [0.25, 0.3) is 16.9 Å². The van der Waals surface area contributed by atoms with Crippen molar-refractivity contribution >= 4 is 11.6 Å². The van der Waals surface area contributed by atoms with Crippen molar-refractivity contribution in [2.75, 3.05) is 27.1 Å². The smallest absolute Gasteiger partial charge is 0.254 e. The van der Waals surface area contributed by atoms with Gasteiger partial charge in [0.05, 0.1) is 26.5 Å². The third kappa shape index (κ3) is 2.53. The summed E-state index contributed by atoms with van der Waals surface area (Å²) in [4.78, 5) is 8.55. The van der Waals surface area contributed by atoms with Crippen molar-refractivity contribution in [3.05, 3.63) is 30.2 Å². The van der Waals surface area contributed by atoms with Gasteiger partial charge in [0, 0.05) is 12.7 Å². The zero-order valence-corrected chi connectivity index (χ0v) is 13.1. The number of nitrogen functional groups attached to an aromatic ring is 1. The van der Waals surface area contributed by atoms with Crippen LogP contribution in [0.15, 0.2) is 24.5 Å². The Hall–Kier alpha value is -2.87. The molecule has 0 spiro atoms. The lowest BCUT2D eigenvalue weighted by molar-refractivity contribution is 0.182. The van der Waals surface area contributed by atoms with E-state index < -0.39 is 0 Å². The minimum Gasteiger partial charge on any atom is -0.493 e. The summed E-state index contributed by atoms with van der Waals surface area (Å²) >= 11 is 0. The molecule has 0 unspecified atom stereocenters. The number of ether oxygens (including phenoxy) is 3. The van der Waals surface area contributed by atoms with Gasteiger partial charge in [-0.05, 0) is 17.7 Å². The molecule has 0 aliphatic heterocycles. The number of nitrogens with two attached hydrogens (primary N) is 1. The van der Waals surface area contributed by atoms with Crippen LogP contribution in [0.3, 0.4) is 0 Å². The Labute approximate surface area is 132 Å². The molecule has 1 aromatic carbocycles. The van der Waals surface area contributed by atoms with Gasteiger partial charge in [-0.25, -0.2) is 4.98 Å². The topological polar surface area (TPSA) is 96.8 Å². The molecular formula is C15H17N5O3. The summed E-state index contributed by atoms with van der Waals surface area (Å²) in [6, 6.07) is 5.54. The van der Waals surface area contributed by atoms with Crippen LogP contribution >= 0.6 is 0 Å². The fourth-order valence-electron chi connectivity index (χ4n) is 2.46. The summed E-state index contributed by atoms with van der Waals surface area (Å²) in [5.74, 6) is 2.11. The van der Waals surface area contributed by atoms with E-state index in [2.05, 4.69) is 15.1 Å². The largest absolute Gasteiger partial charge is 0.493 e. The van der Waals surface area contributed by atoms with Crippen molar-refractivity contribution in [1.29, 1.82) is 0 Å². The van der Waals surface area contributed by atoms with Crippen molar-refractivity contribution in [2.24, 2.45) is 0 Å². The minimum absolute atomic E-state index is 0.303. The van der Waals surface area contributed by atoms with Crippen LogP contribution in [-0.4, -0.2) is 40.9 Å². The Morgan fingerprint density at radius 1 is 1.13 bits per heavy atom. The van der Waals surface area contributed by atoms with E-state index in [0.717, 1.165) is 11.1 Å².